The van der Waals surface area contributed by atoms with Crippen molar-refractivity contribution < 1.29 is 20.1 Å². The van der Waals surface area contributed by atoms with E-state index in [4.69, 9.17) is 5.11 Å². The van der Waals surface area contributed by atoms with Crippen molar-refractivity contribution in [1.82, 2.24) is 4.90 Å². The van der Waals surface area contributed by atoms with Crippen LogP contribution in [0.25, 0.3) is 0 Å². The first-order valence-corrected chi connectivity index (χ1v) is 5.96. The molecule has 0 bridgehead atoms. The molecule has 1 rings (SSSR count). The van der Waals surface area contributed by atoms with Gasteiger partial charge < -0.3 is 15.3 Å². The smallest absolute Gasteiger partial charge is 0.176 e. The minimum absolute atomic E-state index is 0.102. The monoisotopic (exact) mass is 253 g/mol. The zero-order chi connectivity index (χ0) is 13.5. The van der Waals surface area contributed by atoms with Crippen molar-refractivity contribution in [2.45, 2.75) is 13.3 Å². The third kappa shape index (κ3) is 4.01. The van der Waals surface area contributed by atoms with Gasteiger partial charge >= 0.3 is 0 Å². The normalized spacial score (nSPS) is 10.8. The molecule has 1 aromatic rings. The van der Waals surface area contributed by atoms with Crippen LogP contribution in [0.3, 0.4) is 0 Å². The Morgan fingerprint density at radius 2 is 2.00 bits per heavy atom. The van der Waals surface area contributed by atoms with Crippen molar-refractivity contribution >= 4 is 5.78 Å². The summed E-state index contributed by atoms with van der Waals surface area (Å²) < 4.78 is 0. The van der Waals surface area contributed by atoms with Crippen molar-refractivity contribution in [3.63, 3.8) is 0 Å². The van der Waals surface area contributed by atoms with E-state index in [9.17, 15) is 15.0 Å². The van der Waals surface area contributed by atoms with E-state index in [1.54, 1.807) is 0 Å². The number of phenols is 2. The molecule has 0 radical (unpaired) electrons. The lowest BCUT2D eigenvalue weighted by atomic mass is 10.1. The molecule has 18 heavy (non-hydrogen) atoms. The van der Waals surface area contributed by atoms with Crippen LogP contribution in [0.2, 0.25) is 0 Å². The summed E-state index contributed by atoms with van der Waals surface area (Å²) in [5.41, 5.74) is 0.368. The molecule has 0 spiro atoms. The lowest BCUT2D eigenvalue weighted by molar-refractivity contribution is 0.0928. The van der Waals surface area contributed by atoms with Gasteiger partial charge in [-0.1, -0.05) is 6.92 Å². The fraction of sp³-hybridized carbons (Fsp3) is 0.462. The number of aliphatic hydroxyl groups excluding tert-OH is 1. The second kappa shape index (κ2) is 6.98. The SMILES string of the molecule is CCN(CCCO)CC(=O)c1ccc(O)c(O)c1. The van der Waals surface area contributed by atoms with E-state index in [0.717, 1.165) is 6.54 Å². The molecule has 0 aliphatic carbocycles. The van der Waals surface area contributed by atoms with Gasteiger partial charge in [0.05, 0.1) is 6.54 Å². The molecule has 0 aliphatic heterocycles. The van der Waals surface area contributed by atoms with Crippen molar-refractivity contribution in [1.29, 1.82) is 0 Å². The minimum Gasteiger partial charge on any atom is -0.504 e. The van der Waals surface area contributed by atoms with Crippen LogP contribution in [0.1, 0.15) is 23.7 Å². The van der Waals surface area contributed by atoms with Gasteiger partial charge in [-0.2, -0.15) is 0 Å². The highest BCUT2D eigenvalue weighted by atomic mass is 16.3. The van der Waals surface area contributed by atoms with E-state index < -0.39 is 0 Å². The zero-order valence-electron chi connectivity index (χ0n) is 10.5. The van der Waals surface area contributed by atoms with Crippen molar-refractivity contribution in [3.8, 4) is 11.5 Å². The maximum absolute atomic E-state index is 11.9. The number of nitrogens with zero attached hydrogens (tertiary/aromatic N) is 1. The fourth-order valence-corrected chi connectivity index (χ4v) is 1.63. The number of carbonyl (C=O) groups excluding carboxylic acids is 1. The molecule has 5 heteroatoms. The van der Waals surface area contributed by atoms with Crippen LogP contribution >= 0.6 is 0 Å². The van der Waals surface area contributed by atoms with Gasteiger partial charge in [-0.25, -0.2) is 0 Å². The summed E-state index contributed by atoms with van der Waals surface area (Å²) in [4.78, 5) is 13.9. The van der Waals surface area contributed by atoms with Gasteiger partial charge in [0.15, 0.2) is 17.3 Å². The number of likely N-dealkylation sites (N-methyl/N-ethyl adjacent to an activating group) is 1. The third-order valence-corrected chi connectivity index (χ3v) is 2.74. The summed E-state index contributed by atoms with van der Waals surface area (Å²) >= 11 is 0. The predicted molar refractivity (Wildman–Crippen MR) is 67.9 cm³/mol. The van der Waals surface area contributed by atoms with E-state index in [0.29, 0.717) is 18.5 Å². The molecule has 5 nitrogen and oxygen atoms in total. The van der Waals surface area contributed by atoms with Crippen LogP contribution in [0.4, 0.5) is 0 Å². The van der Waals surface area contributed by atoms with Gasteiger partial charge in [0.1, 0.15) is 0 Å². The molecule has 3 N–H and O–H groups in total. The summed E-state index contributed by atoms with van der Waals surface area (Å²) in [6.45, 7) is 3.66. The third-order valence-electron chi connectivity index (χ3n) is 2.74. The Morgan fingerprint density at radius 1 is 1.28 bits per heavy atom. The van der Waals surface area contributed by atoms with Crippen molar-refractivity contribution in [2.75, 3.05) is 26.2 Å². The summed E-state index contributed by atoms with van der Waals surface area (Å²) in [6, 6.07) is 4.04. The first kappa shape index (κ1) is 14.5. The maximum atomic E-state index is 11.9. The quantitative estimate of drug-likeness (QED) is 0.498. The zero-order valence-corrected chi connectivity index (χ0v) is 10.5. The topological polar surface area (TPSA) is 81.0 Å². The molecular weight excluding hydrogens is 234 g/mol. The van der Waals surface area contributed by atoms with Crippen LogP contribution in [0.15, 0.2) is 18.2 Å². The Hall–Kier alpha value is -1.59. The molecule has 0 heterocycles. The highest BCUT2D eigenvalue weighted by Crippen LogP contribution is 2.25. The second-order valence-electron chi connectivity index (χ2n) is 4.07. The number of ketones is 1. The Morgan fingerprint density at radius 3 is 2.56 bits per heavy atom. The number of aromatic hydroxyl groups is 2. The number of Topliss-reactive ketones (excluding diaryl/α,β-unsaturated/α-hetero) is 1. The molecule has 0 saturated carbocycles. The molecule has 0 saturated heterocycles. The summed E-state index contributed by atoms with van der Waals surface area (Å²) in [6.07, 6.45) is 0.627. The molecule has 100 valence electrons. The fourth-order valence-electron chi connectivity index (χ4n) is 1.63. The first-order valence-electron chi connectivity index (χ1n) is 5.96. The number of phenolic OH excluding ortho intramolecular Hbond substituents is 2. The van der Waals surface area contributed by atoms with Crippen molar-refractivity contribution in [2.24, 2.45) is 0 Å². The van der Waals surface area contributed by atoms with E-state index in [1.165, 1.54) is 18.2 Å². The molecular formula is C13H19NO4. The van der Waals surface area contributed by atoms with Crippen LogP contribution in [0.5, 0.6) is 11.5 Å². The minimum atomic E-state index is -0.292. The number of hydrogen-bond donors (Lipinski definition) is 3. The van der Waals surface area contributed by atoms with Crippen LogP contribution in [-0.2, 0) is 0 Å². The van der Waals surface area contributed by atoms with Crippen molar-refractivity contribution in [3.05, 3.63) is 23.8 Å². The average molecular weight is 253 g/mol. The molecule has 0 aromatic heterocycles. The van der Waals surface area contributed by atoms with E-state index >= 15 is 0 Å². The first-order chi connectivity index (χ1) is 8.58. The van der Waals surface area contributed by atoms with Crippen LogP contribution in [0, 0.1) is 0 Å². The van der Waals surface area contributed by atoms with Crippen LogP contribution < -0.4 is 0 Å². The summed E-state index contributed by atoms with van der Waals surface area (Å²) in [7, 11) is 0. The molecule has 0 amide bonds. The molecule has 1 aromatic carbocycles. The number of hydrogen-bond acceptors (Lipinski definition) is 5. The maximum Gasteiger partial charge on any atom is 0.176 e. The Balaban J connectivity index is 2.65. The van der Waals surface area contributed by atoms with Gasteiger partial charge in [0.2, 0.25) is 0 Å². The second-order valence-corrected chi connectivity index (χ2v) is 4.07. The van der Waals surface area contributed by atoms with Crippen LogP contribution in [-0.4, -0.2) is 52.2 Å². The number of rotatable bonds is 7. The highest BCUT2D eigenvalue weighted by Gasteiger charge is 2.12. The lowest BCUT2D eigenvalue weighted by Crippen LogP contribution is -2.31. The summed E-state index contributed by atoms with van der Waals surface area (Å²) in [5.74, 6) is -0.650. The Kier molecular flexibility index (Phi) is 5.61. The van der Waals surface area contributed by atoms with Gasteiger partial charge in [-0.05, 0) is 31.2 Å². The largest absolute Gasteiger partial charge is 0.504 e. The molecule has 0 unspecified atom stereocenters. The van der Waals surface area contributed by atoms with Gasteiger partial charge in [-0.3, -0.25) is 9.69 Å². The average Bonchev–Trinajstić information content (AvgIpc) is 2.37. The van der Waals surface area contributed by atoms with Gasteiger partial charge in [0.25, 0.3) is 0 Å². The van der Waals surface area contributed by atoms with E-state index in [-0.39, 0.29) is 30.4 Å². The Labute approximate surface area is 106 Å². The standard InChI is InChI=1S/C13H19NO4/c1-2-14(6-3-7-15)9-13(18)10-4-5-11(16)12(17)8-10/h4-5,8,15-17H,2-3,6-7,9H2,1H3. The highest BCUT2D eigenvalue weighted by molar-refractivity contribution is 5.98. The number of aliphatic hydroxyl groups is 1. The summed E-state index contributed by atoms with van der Waals surface area (Å²) in [5, 5.41) is 27.3. The predicted octanol–water partition coefficient (Wildman–Crippen LogP) is 0.985. The lowest BCUT2D eigenvalue weighted by Gasteiger charge is -2.18. The number of benzene rings is 1. The molecule has 0 fully saturated rings. The molecule has 0 aliphatic rings. The molecule has 0 atom stereocenters. The number of carbonyl (C=O) groups is 1. The van der Waals surface area contributed by atoms with E-state index in [2.05, 4.69) is 0 Å². The van der Waals surface area contributed by atoms with Gasteiger partial charge in [-0.15, -0.1) is 0 Å². The van der Waals surface area contributed by atoms with E-state index in [1.807, 2.05) is 11.8 Å². The Bertz CT molecular complexity index is 406. The van der Waals surface area contributed by atoms with Gasteiger partial charge in [0, 0.05) is 18.7 Å².